The maximum atomic E-state index is 5.63. The number of hydrogen-bond acceptors (Lipinski definition) is 3. The fourth-order valence-corrected chi connectivity index (χ4v) is 1.79. The van der Waals surface area contributed by atoms with Crippen LogP contribution in [0, 0.1) is 6.92 Å². The maximum absolute atomic E-state index is 5.63. The Morgan fingerprint density at radius 2 is 2.24 bits per heavy atom. The Morgan fingerprint density at radius 1 is 1.41 bits per heavy atom. The topological polar surface area (TPSA) is 53.1 Å². The van der Waals surface area contributed by atoms with Crippen molar-refractivity contribution in [2.45, 2.75) is 20.0 Å². The fourth-order valence-electron chi connectivity index (χ4n) is 1.79. The summed E-state index contributed by atoms with van der Waals surface area (Å²) in [5.41, 5.74) is 9.01. The highest BCUT2D eigenvalue weighted by Gasteiger charge is 2.05. The molecule has 0 unspecified atom stereocenters. The van der Waals surface area contributed by atoms with Crippen LogP contribution in [0.15, 0.2) is 30.5 Å². The molecule has 4 nitrogen and oxygen atoms in total. The maximum Gasteiger partial charge on any atom is 0.119 e. The molecule has 0 saturated heterocycles. The van der Waals surface area contributed by atoms with E-state index in [0.29, 0.717) is 6.54 Å². The van der Waals surface area contributed by atoms with Crippen LogP contribution in [-0.2, 0) is 13.1 Å². The molecule has 2 aromatic rings. The van der Waals surface area contributed by atoms with Crippen molar-refractivity contribution >= 4 is 0 Å². The summed E-state index contributed by atoms with van der Waals surface area (Å²) in [7, 11) is 1.67. The minimum absolute atomic E-state index is 0.532. The lowest BCUT2D eigenvalue weighted by Crippen LogP contribution is -2.05. The average molecular weight is 231 g/mol. The largest absolute Gasteiger partial charge is 0.497 e. The predicted molar refractivity (Wildman–Crippen MR) is 67.0 cm³/mol. The van der Waals surface area contributed by atoms with E-state index in [0.717, 1.165) is 23.6 Å². The van der Waals surface area contributed by atoms with Gasteiger partial charge in [0.05, 0.1) is 19.9 Å². The van der Waals surface area contributed by atoms with E-state index in [-0.39, 0.29) is 0 Å². The van der Waals surface area contributed by atoms with Crippen molar-refractivity contribution in [2.75, 3.05) is 7.11 Å². The number of nitrogens with two attached hydrogens (primary N) is 1. The second kappa shape index (κ2) is 5.01. The standard InChI is InChI=1S/C13H17N3O/c1-10-12(7-14)8-15-16(10)9-11-4-3-5-13(6-11)17-2/h3-6,8H,7,9,14H2,1-2H3. The molecule has 0 fully saturated rings. The normalized spacial score (nSPS) is 10.5. The zero-order chi connectivity index (χ0) is 12.3. The SMILES string of the molecule is COc1cccc(Cn2ncc(CN)c2C)c1. The monoisotopic (exact) mass is 231 g/mol. The van der Waals surface area contributed by atoms with E-state index < -0.39 is 0 Å². The van der Waals surface area contributed by atoms with E-state index in [1.165, 1.54) is 5.56 Å². The van der Waals surface area contributed by atoms with Gasteiger partial charge in [0, 0.05) is 17.8 Å². The van der Waals surface area contributed by atoms with Crippen LogP contribution in [0.2, 0.25) is 0 Å². The molecule has 0 amide bonds. The highest BCUT2D eigenvalue weighted by Crippen LogP contribution is 2.15. The van der Waals surface area contributed by atoms with Gasteiger partial charge in [-0.25, -0.2) is 0 Å². The molecule has 0 bridgehead atoms. The first kappa shape index (κ1) is 11.7. The first-order valence-corrected chi connectivity index (χ1v) is 5.59. The Kier molecular flexibility index (Phi) is 3.44. The molecule has 17 heavy (non-hydrogen) atoms. The summed E-state index contributed by atoms with van der Waals surface area (Å²) in [5.74, 6) is 0.867. The van der Waals surface area contributed by atoms with Crippen molar-refractivity contribution in [3.05, 3.63) is 47.3 Å². The second-order valence-electron chi connectivity index (χ2n) is 3.97. The molecule has 1 aromatic carbocycles. The minimum Gasteiger partial charge on any atom is -0.497 e. The predicted octanol–water partition coefficient (Wildman–Crippen LogP) is 1.71. The van der Waals surface area contributed by atoms with E-state index in [1.807, 2.05) is 36.0 Å². The van der Waals surface area contributed by atoms with Crippen LogP contribution in [0.4, 0.5) is 0 Å². The van der Waals surface area contributed by atoms with Crippen LogP contribution in [0.1, 0.15) is 16.8 Å². The van der Waals surface area contributed by atoms with Crippen LogP contribution in [0.3, 0.4) is 0 Å². The van der Waals surface area contributed by atoms with E-state index in [9.17, 15) is 0 Å². The number of ether oxygens (including phenoxy) is 1. The zero-order valence-electron chi connectivity index (χ0n) is 10.2. The summed E-state index contributed by atoms with van der Waals surface area (Å²) in [6.07, 6.45) is 1.83. The molecule has 90 valence electrons. The second-order valence-corrected chi connectivity index (χ2v) is 3.97. The molecular formula is C13H17N3O. The van der Waals surface area contributed by atoms with Crippen molar-refractivity contribution in [3.8, 4) is 5.75 Å². The number of aromatic nitrogens is 2. The molecular weight excluding hydrogens is 214 g/mol. The summed E-state index contributed by atoms with van der Waals surface area (Å²) < 4.78 is 7.15. The van der Waals surface area contributed by atoms with Gasteiger partial charge in [-0.1, -0.05) is 12.1 Å². The minimum atomic E-state index is 0.532. The molecule has 2 rings (SSSR count). The van der Waals surface area contributed by atoms with Crippen LogP contribution in [-0.4, -0.2) is 16.9 Å². The van der Waals surface area contributed by atoms with E-state index >= 15 is 0 Å². The third kappa shape index (κ3) is 2.47. The van der Waals surface area contributed by atoms with Crippen molar-refractivity contribution in [1.82, 2.24) is 9.78 Å². The molecule has 1 aromatic heterocycles. The van der Waals surface area contributed by atoms with Gasteiger partial charge in [0.15, 0.2) is 0 Å². The van der Waals surface area contributed by atoms with Gasteiger partial charge in [0.25, 0.3) is 0 Å². The van der Waals surface area contributed by atoms with Crippen molar-refractivity contribution in [2.24, 2.45) is 5.73 Å². The van der Waals surface area contributed by atoms with Gasteiger partial charge in [-0.15, -0.1) is 0 Å². The Hall–Kier alpha value is -1.81. The molecule has 4 heteroatoms. The van der Waals surface area contributed by atoms with E-state index in [2.05, 4.69) is 11.2 Å². The molecule has 0 radical (unpaired) electrons. The number of methoxy groups -OCH3 is 1. The van der Waals surface area contributed by atoms with Gasteiger partial charge >= 0.3 is 0 Å². The number of hydrogen-bond donors (Lipinski definition) is 1. The van der Waals surface area contributed by atoms with E-state index in [4.69, 9.17) is 10.5 Å². The Balaban J connectivity index is 2.22. The summed E-state index contributed by atoms with van der Waals surface area (Å²) in [4.78, 5) is 0. The zero-order valence-corrected chi connectivity index (χ0v) is 10.2. The number of benzene rings is 1. The smallest absolute Gasteiger partial charge is 0.119 e. The molecule has 0 aliphatic heterocycles. The third-order valence-corrected chi connectivity index (χ3v) is 2.89. The summed E-state index contributed by atoms with van der Waals surface area (Å²) in [5, 5.41) is 4.33. The molecule has 0 spiro atoms. The number of nitrogens with zero attached hydrogens (tertiary/aromatic N) is 2. The van der Waals surface area contributed by atoms with Gasteiger partial charge in [0.2, 0.25) is 0 Å². The Labute approximate surface area is 101 Å². The lowest BCUT2D eigenvalue weighted by molar-refractivity contribution is 0.414. The highest BCUT2D eigenvalue weighted by molar-refractivity contribution is 5.29. The van der Waals surface area contributed by atoms with Crippen LogP contribution in [0.5, 0.6) is 5.75 Å². The average Bonchev–Trinajstić information content (AvgIpc) is 2.71. The first-order chi connectivity index (χ1) is 8.24. The summed E-state index contributed by atoms with van der Waals surface area (Å²) in [6.45, 7) is 3.31. The summed E-state index contributed by atoms with van der Waals surface area (Å²) in [6, 6.07) is 8.00. The third-order valence-electron chi connectivity index (χ3n) is 2.89. The van der Waals surface area contributed by atoms with Gasteiger partial charge in [-0.2, -0.15) is 5.10 Å². The van der Waals surface area contributed by atoms with Crippen LogP contribution in [0.25, 0.3) is 0 Å². The Bertz CT molecular complexity index is 505. The lowest BCUT2D eigenvalue weighted by atomic mass is 10.2. The number of rotatable bonds is 4. The van der Waals surface area contributed by atoms with Crippen LogP contribution < -0.4 is 10.5 Å². The van der Waals surface area contributed by atoms with Gasteiger partial charge in [-0.05, 0) is 24.6 Å². The fraction of sp³-hybridized carbons (Fsp3) is 0.308. The summed E-state index contributed by atoms with van der Waals surface area (Å²) >= 11 is 0. The van der Waals surface area contributed by atoms with Crippen molar-refractivity contribution in [1.29, 1.82) is 0 Å². The van der Waals surface area contributed by atoms with Crippen molar-refractivity contribution < 1.29 is 4.74 Å². The first-order valence-electron chi connectivity index (χ1n) is 5.59. The van der Waals surface area contributed by atoms with E-state index in [1.54, 1.807) is 7.11 Å². The molecule has 0 aliphatic rings. The highest BCUT2D eigenvalue weighted by atomic mass is 16.5. The molecule has 2 N–H and O–H groups in total. The quantitative estimate of drug-likeness (QED) is 0.871. The molecule has 0 aliphatic carbocycles. The Morgan fingerprint density at radius 3 is 2.88 bits per heavy atom. The molecule has 0 atom stereocenters. The molecule has 0 saturated carbocycles. The van der Waals surface area contributed by atoms with Gasteiger partial charge in [0.1, 0.15) is 5.75 Å². The van der Waals surface area contributed by atoms with Gasteiger partial charge < -0.3 is 10.5 Å². The van der Waals surface area contributed by atoms with Gasteiger partial charge in [-0.3, -0.25) is 4.68 Å². The molecule has 1 heterocycles. The lowest BCUT2D eigenvalue weighted by Gasteiger charge is -2.07. The van der Waals surface area contributed by atoms with Crippen LogP contribution >= 0.6 is 0 Å². The van der Waals surface area contributed by atoms with Crippen molar-refractivity contribution in [3.63, 3.8) is 0 Å².